The summed E-state index contributed by atoms with van der Waals surface area (Å²) in [4.78, 5) is 9.48. The molecule has 1 aliphatic heterocycles. The van der Waals surface area contributed by atoms with Crippen molar-refractivity contribution in [3.63, 3.8) is 0 Å². The van der Waals surface area contributed by atoms with Crippen LogP contribution in [0.4, 0.5) is 16.5 Å². The zero-order valence-corrected chi connectivity index (χ0v) is 15.4. The van der Waals surface area contributed by atoms with Gasteiger partial charge in [0.05, 0.1) is 5.69 Å². The molecule has 2 heterocycles. The van der Waals surface area contributed by atoms with Crippen LogP contribution in [0.5, 0.6) is 0 Å². The lowest BCUT2D eigenvalue weighted by atomic mass is 10.2. The highest BCUT2D eigenvalue weighted by molar-refractivity contribution is 7.13. The summed E-state index contributed by atoms with van der Waals surface area (Å²) < 4.78 is 0. The average molecular weight is 346 g/mol. The van der Waals surface area contributed by atoms with Gasteiger partial charge in [-0.3, -0.25) is 0 Å². The molecule has 2 N–H and O–H groups in total. The lowest BCUT2D eigenvalue weighted by Gasteiger charge is -2.34. The van der Waals surface area contributed by atoms with E-state index in [2.05, 4.69) is 69.0 Å². The van der Waals surface area contributed by atoms with Crippen LogP contribution in [0.15, 0.2) is 29.6 Å². The summed E-state index contributed by atoms with van der Waals surface area (Å²) in [7, 11) is 2.19. The Morgan fingerprint density at radius 1 is 1.12 bits per heavy atom. The number of hydrogen-bond donors (Lipinski definition) is 2. The van der Waals surface area contributed by atoms with Gasteiger partial charge in [-0.25, -0.2) is 4.98 Å². The molecule has 6 heteroatoms. The lowest BCUT2D eigenvalue weighted by molar-refractivity contribution is 0.313. The first-order chi connectivity index (χ1) is 11.7. The number of piperazine rings is 1. The third-order valence-corrected chi connectivity index (χ3v) is 5.15. The van der Waals surface area contributed by atoms with Crippen LogP contribution in [0.2, 0.25) is 0 Å². The quantitative estimate of drug-likeness (QED) is 0.756. The third kappa shape index (κ3) is 4.69. The van der Waals surface area contributed by atoms with E-state index in [-0.39, 0.29) is 0 Å². The average Bonchev–Trinajstić information content (AvgIpc) is 3.04. The van der Waals surface area contributed by atoms with Gasteiger partial charge in [0, 0.05) is 55.9 Å². The van der Waals surface area contributed by atoms with E-state index in [1.165, 1.54) is 5.69 Å². The first kappa shape index (κ1) is 17.2. The normalized spacial score (nSPS) is 15.7. The molecule has 24 heavy (non-hydrogen) atoms. The molecule has 0 radical (unpaired) electrons. The number of likely N-dealkylation sites (N-methyl/N-ethyl adjacent to an activating group) is 2. The second-order valence-corrected chi connectivity index (χ2v) is 7.07. The van der Waals surface area contributed by atoms with E-state index in [0.29, 0.717) is 0 Å². The smallest absolute Gasteiger partial charge is 0.187 e. The Morgan fingerprint density at radius 3 is 2.58 bits per heavy atom. The van der Waals surface area contributed by atoms with Crippen LogP contribution in [0, 0.1) is 0 Å². The monoisotopic (exact) mass is 345 g/mol. The molecule has 1 aromatic carbocycles. The van der Waals surface area contributed by atoms with Crippen molar-refractivity contribution in [1.82, 2.24) is 15.2 Å². The number of nitrogens with zero attached hydrogens (tertiary/aromatic N) is 3. The van der Waals surface area contributed by atoms with E-state index in [0.717, 1.165) is 62.2 Å². The molecular formula is C18H27N5S. The van der Waals surface area contributed by atoms with Crippen molar-refractivity contribution in [2.45, 2.75) is 13.3 Å². The number of anilines is 3. The Balaban J connectivity index is 1.54. The third-order valence-electron chi connectivity index (χ3n) is 4.35. The number of rotatable bonds is 7. The zero-order chi connectivity index (χ0) is 16.8. The molecule has 0 unspecified atom stereocenters. The van der Waals surface area contributed by atoms with Gasteiger partial charge in [-0.15, -0.1) is 11.3 Å². The van der Waals surface area contributed by atoms with Crippen LogP contribution in [-0.4, -0.2) is 56.2 Å². The van der Waals surface area contributed by atoms with Gasteiger partial charge in [0.25, 0.3) is 0 Å². The highest BCUT2D eigenvalue weighted by Crippen LogP contribution is 2.24. The van der Waals surface area contributed by atoms with Crippen molar-refractivity contribution in [2.75, 3.05) is 56.5 Å². The van der Waals surface area contributed by atoms with Crippen LogP contribution in [0.25, 0.3) is 0 Å². The Hall–Kier alpha value is -1.63. The minimum absolute atomic E-state index is 0.967. The van der Waals surface area contributed by atoms with E-state index in [1.54, 1.807) is 11.3 Å². The lowest BCUT2D eigenvalue weighted by Crippen LogP contribution is -2.44. The van der Waals surface area contributed by atoms with Crippen molar-refractivity contribution < 1.29 is 0 Å². The van der Waals surface area contributed by atoms with Crippen molar-refractivity contribution in [3.8, 4) is 0 Å². The second kappa shape index (κ2) is 8.46. The molecular weight excluding hydrogens is 318 g/mol. The summed E-state index contributed by atoms with van der Waals surface area (Å²) >= 11 is 1.67. The van der Waals surface area contributed by atoms with Crippen molar-refractivity contribution in [2.24, 2.45) is 0 Å². The molecule has 0 bridgehead atoms. The molecule has 1 aromatic heterocycles. The van der Waals surface area contributed by atoms with Crippen molar-refractivity contribution in [3.05, 3.63) is 35.3 Å². The van der Waals surface area contributed by atoms with Gasteiger partial charge in [0.15, 0.2) is 5.13 Å². The van der Waals surface area contributed by atoms with Gasteiger partial charge < -0.3 is 20.4 Å². The molecule has 2 aromatic rings. The van der Waals surface area contributed by atoms with Crippen LogP contribution in [-0.2, 0) is 6.42 Å². The molecule has 0 atom stereocenters. The number of hydrogen-bond acceptors (Lipinski definition) is 6. The van der Waals surface area contributed by atoms with Crippen LogP contribution in [0.1, 0.15) is 12.6 Å². The fourth-order valence-electron chi connectivity index (χ4n) is 2.82. The Morgan fingerprint density at radius 2 is 1.88 bits per heavy atom. The zero-order valence-electron chi connectivity index (χ0n) is 14.6. The van der Waals surface area contributed by atoms with Gasteiger partial charge in [0.1, 0.15) is 0 Å². The van der Waals surface area contributed by atoms with Crippen molar-refractivity contribution in [1.29, 1.82) is 0 Å². The molecule has 0 amide bonds. The van der Waals surface area contributed by atoms with Crippen molar-refractivity contribution >= 4 is 27.8 Å². The van der Waals surface area contributed by atoms with Gasteiger partial charge in [-0.2, -0.15) is 0 Å². The SMILES string of the molecule is CCNCCc1csc(Nc2ccc(N3CCN(C)CC3)cc2)n1. The molecule has 5 nitrogen and oxygen atoms in total. The number of benzene rings is 1. The van der Waals surface area contributed by atoms with E-state index in [1.807, 2.05) is 0 Å². The molecule has 3 rings (SSSR count). The van der Waals surface area contributed by atoms with Gasteiger partial charge >= 0.3 is 0 Å². The van der Waals surface area contributed by atoms with Crippen LogP contribution >= 0.6 is 11.3 Å². The molecule has 130 valence electrons. The summed E-state index contributed by atoms with van der Waals surface area (Å²) in [5.41, 5.74) is 3.55. The Kier molecular flexibility index (Phi) is 6.07. The van der Waals surface area contributed by atoms with Crippen LogP contribution < -0.4 is 15.5 Å². The molecule has 0 spiro atoms. The van der Waals surface area contributed by atoms with E-state index < -0.39 is 0 Å². The summed E-state index contributed by atoms with van der Waals surface area (Å²) in [6, 6.07) is 8.70. The summed E-state index contributed by atoms with van der Waals surface area (Å²) in [5, 5.41) is 9.85. The fourth-order valence-corrected chi connectivity index (χ4v) is 3.58. The first-order valence-corrected chi connectivity index (χ1v) is 9.58. The van der Waals surface area contributed by atoms with Gasteiger partial charge in [0.2, 0.25) is 0 Å². The topological polar surface area (TPSA) is 43.4 Å². The minimum atomic E-state index is 0.967. The molecule has 1 aliphatic rings. The summed E-state index contributed by atoms with van der Waals surface area (Å²) in [5.74, 6) is 0. The highest BCUT2D eigenvalue weighted by atomic mass is 32.1. The summed E-state index contributed by atoms with van der Waals surface area (Å²) in [6.45, 7) is 8.59. The van der Waals surface area contributed by atoms with E-state index >= 15 is 0 Å². The van der Waals surface area contributed by atoms with Gasteiger partial charge in [-0.1, -0.05) is 6.92 Å². The minimum Gasteiger partial charge on any atom is -0.369 e. The molecule has 1 saturated heterocycles. The Bertz CT molecular complexity index is 617. The maximum Gasteiger partial charge on any atom is 0.187 e. The maximum atomic E-state index is 4.65. The standard InChI is InChI=1S/C18H27N5S/c1-3-19-9-8-16-14-24-18(21-16)20-15-4-6-17(7-5-15)23-12-10-22(2)11-13-23/h4-7,14,19H,3,8-13H2,1-2H3,(H,20,21). The number of thiazole rings is 1. The van der Waals surface area contributed by atoms with Crippen LogP contribution in [0.3, 0.4) is 0 Å². The van der Waals surface area contributed by atoms with E-state index in [4.69, 9.17) is 0 Å². The largest absolute Gasteiger partial charge is 0.369 e. The predicted octanol–water partition coefficient (Wildman–Crippen LogP) is 2.79. The van der Waals surface area contributed by atoms with E-state index in [9.17, 15) is 0 Å². The summed E-state index contributed by atoms with van der Waals surface area (Å²) in [6.07, 6.45) is 0.981. The highest BCUT2D eigenvalue weighted by Gasteiger charge is 2.14. The van der Waals surface area contributed by atoms with Gasteiger partial charge in [-0.05, 0) is 37.9 Å². The molecule has 0 aliphatic carbocycles. The predicted molar refractivity (Wildman–Crippen MR) is 104 cm³/mol. The second-order valence-electron chi connectivity index (χ2n) is 6.21. The maximum absolute atomic E-state index is 4.65. The Labute approximate surface area is 148 Å². The molecule has 0 saturated carbocycles. The number of nitrogens with one attached hydrogen (secondary N) is 2. The number of aromatic nitrogens is 1. The first-order valence-electron chi connectivity index (χ1n) is 8.70. The fraction of sp³-hybridized carbons (Fsp3) is 0.500. The molecule has 1 fully saturated rings.